The summed E-state index contributed by atoms with van der Waals surface area (Å²) in [4.78, 5) is 22.3. The molecule has 0 aliphatic carbocycles. The summed E-state index contributed by atoms with van der Waals surface area (Å²) in [5.41, 5.74) is 0. The van der Waals surface area contributed by atoms with Gasteiger partial charge in [0, 0.05) is 29.2 Å². The van der Waals surface area contributed by atoms with Gasteiger partial charge in [-0.05, 0) is 34.6 Å². The number of hydrogen-bond donors (Lipinski definition) is 5. The fourth-order valence-corrected chi connectivity index (χ4v) is 2.43. The molecule has 0 heterocycles. The van der Waals surface area contributed by atoms with Crippen molar-refractivity contribution in [2.45, 2.75) is 56.2 Å². The molecule has 29 heavy (non-hydrogen) atoms. The van der Waals surface area contributed by atoms with E-state index in [0.717, 1.165) is 23.9 Å². The van der Waals surface area contributed by atoms with Crippen molar-refractivity contribution in [2.75, 3.05) is 19.7 Å². The Morgan fingerprint density at radius 3 is 1.28 bits per heavy atom. The van der Waals surface area contributed by atoms with E-state index in [-0.39, 0.29) is 64.4 Å². The minimum absolute atomic E-state index is 0. The Labute approximate surface area is 201 Å². The van der Waals surface area contributed by atoms with Gasteiger partial charge in [-0.25, -0.2) is 0 Å². The molecule has 11 nitrogen and oxygen atoms in total. The second-order valence-electron chi connectivity index (χ2n) is 6.17. The quantitative estimate of drug-likeness (QED) is 0.115. The van der Waals surface area contributed by atoms with Gasteiger partial charge in [0.1, 0.15) is 0 Å². The number of aliphatic hydroxyl groups is 1. The molecule has 15 heteroatoms. The van der Waals surface area contributed by atoms with Gasteiger partial charge in [0.2, 0.25) is 0 Å². The van der Waals surface area contributed by atoms with Crippen molar-refractivity contribution >= 4 is 35.8 Å². The molecule has 0 aliphatic rings. The zero-order valence-electron chi connectivity index (χ0n) is 17.0. The first-order chi connectivity index (χ1) is 11.4. The van der Waals surface area contributed by atoms with Crippen molar-refractivity contribution < 1.29 is 69.6 Å². The monoisotopic (exact) mass is 572 g/mol. The number of nitrogens with one attached hydrogen (secondary N) is 2. The predicted molar refractivity (Wildman–Crippen MR) is 105 cm³/mol. The topological polar surface area (TPSA) is 240 Å². The molecular formula is C14H34BrCoN4O7S2. The standard InChI is InChI=1S/C12H26N4O4S2.C2H6O.BrH.Co.2H2O/c1-11(2,21-13)7(9(17)18)15-5-6-16-8(10(19)20)12(3,4)22-14;1-2-3;;;;/h7-8,15-16H,5-6,13-14H2,1-4H3,(H,17,18)(H,19,20);3H,2H2,1H3;1H;;2*1H2/q;;;+3;;/p-3/t7-,8-;;;;;/m0...../s1. The number of nitrogens with two attached hydrogens (primary N) is 2. The van der Waals surface area contributed by atoms with Crippen molar-refractivity contribution in [3.63, 3.8) is 0 Å². The van der Waals surface area contributed by atoms with E-state index in [1.165, 1.54) is 0 Å². The van der Waals surface area contributed by atoms with Crippen molar-refractivity contribution in [1.82, 2.24) is 10.6 Å². The fourth-order valence-electron chi connectivity index (χ4n) is 1.79. The van der Waals surface area contributed by atoms with Gasteiger partial charge in [0.05, 0.1) is 24.0 Å². The van der Waals surface area contributed by atoms with Crippen molar-refractivity contribution in [1.29, 1.82) is 0 Å². The third-order valence-corrected chi connectivity index (χ3v) is 4.98. The number of halogens is 1. The van der Waals surface area contributed by atoms with Crippen LogP contribution in [0.25, 0.3) is 0 Å². The fraction of sp³-hybridized carbons (Fsp3) is 0.857. The third kappa shape index (κ3) is 17.7. The van der Waals surface area contributed by atoms with Crippen LogP contribution in [0.15, 0.2) is 0 Å². The summed E-state index contributed by atoms with van der Waals surface area (Å²) in [6, 6.07) is -1.94. The summed E-state index contributed by atoms with van der Waals surface area (Å²) >= 11 is 1.83. The van der Waals surface area contributed by atoms with E-state index in [1.54, 1.807) is 34.6 Å². The number of carboxylic acid groups (broad SMARTS) is 2. The SMILES string of the molecule is CC(C)(SN)[C@@H](NCCN[C@@H](C(=O)[O-])C(C)(C)SN)C(=O)[O-].CCO.O.O.[Br-].[Co+3]. The van der Waals surface area contributed by atoms with E-state index < -0.39 is 33.5 Å². The van der Waals surface area contributed by atoms with E-state index >= 15 is 0 Å². The largest absolute Gasteiger partial charge is 3.00 e. The maximum absolute atomic E-state index is 11.2. The maximum atomic E-state index is 11.2. The summed E-state index contributed by atoms with van der Waals surface area (Å²) < 4.78 is -1.53. The summed E-state index contributed by atoms with van der Waals surface area (Å²) in [5.74, 6) is -2.53. The van der Waals surface area contributed by atoms with Crippen LogP contribution in [0.3, 0.4) is 0 Å². The van der Waals surface area contributed by atoms with Crippen LogP contribution in [-0.4, -0.2) is 69.3 Å². The zero-order chi connectivity index (χ0) is 20.3. The molecular weight excluding hydrogens is 539 g/mol. The van der Waals surface area contributed by atoms with Crippen LogP contribution >= 0.6 is 23.9 Å². The molecule has 0 unspecified atom stereocenters. The molecule has 180 valence electrons. The van der Waals surface area contributed by atoms with E-state index in [9.17, 15) is 19.8 Å². The Bertz CT molecular complexity index is 391. The second kappa shape index (κ2) is 21.6. The first-order valence-electron chi connectivity index (χ1n) is 7.66. The number of aliphatic hydroxyl groups excluding tert-OH is 1. The number of carbonyl (C=O) groups is 2. The molecule has 0 aromatic heterocycles. The number of hydrogen-bond acceptors (Lipinski definition) is 11. The Hall–Kier alpha value is 0.346. The summed E-state index contributed by atoms with van der Waals surface area (Å²) in [6.07, 6.45) is 0. The van der Waals surface area contributed by atoms with Gasteiger partial charge >= 0.3 is 16.8 Å². The molecule has 0 aliphatic heterocycles. The predicted octanol–water partition coefficient (Wildman–Crippen LogP) is -7.48. The van der Waals surface area contributed by atoms with Crippen LogP contribution in [0.4, 0.5) is 0 Å². The Balaban J connectivity index is -0.000000177. The molecule has 0 saturated heterocycles. The van der Waals surface area contributed by atoms with Crippen LogP contribution in [0, 0.1) is 0 Å². The van der Waals surface area contributed by atoms with Gasteiger partial charge in [-0.2, -0.15) is 0 Å². The van der Waals surface area contributed by atoms with Gasteiger partial charge in [-0.3, -0.25) is 10.3 Å². The molecule has 0 rings (SSSR count). The van der Waals surface area contributed by atoms with Gasteiger partial charge in [0.25, 0.3) is 0 Å². The summed E-state index contributed by atoms with van der Waals surface area (Å²) in [7, 11) is 0. The smallest absolute Gasteiger partial charge is 1.00 e. The average Bonchev–Trinajstić information content (AvgIpc) is 2.50. The van der Waals surface area contributed by atoms with E-state index in [2.05, 4.69) is 10.6 Å². The first-order valence-corrected chi connectivity index (χ1v) is 9.42. The van der Waals surface area contributed by atoms with Gasteiger partial charge < -0.3 is 63.5 Å². The minimum atomic E-state index is -1.27. The molecule has 2 atom stereocenters. The molecule has 0 spiro atoms. The second-order valence-corrected chi connectivity index (χ2v) is 8.75. The van der Waals surface area contributed by atoms with Crippen LogP contribution < -0.4 is 48.1 Å². The molecule has 0 radical (unpaired) electrons. The average molecular weight is 573 g/mol. The van der Waals surface area contributed by atoms with E-state index in [4.69, 9.17) is 15.4 Å². The number of carbonyl (C=O) groups excluding carboxylic acids is 2. The van der Waals surface area contributed by atoms with E-state index in [0.29, 0.717) is 0 Å². The molecule has 0 fully saturated rings. The number of rotatable bonds is 11. The minimum Gasteiger partial charge on any atom is -1.00 e. The number of aliphatic carboxylic acids is 2. The summed E-state index contributed by atoms with van der Waals surface area (Å²) in [6.45, 7) is 9.08. The van der Waals surface area contributed by atoms with Crippen LogP contribution in [0.2, 0.25) is 0 Å². The Morgan fingerprint density at radius 2 is 1.14 bits per heavy atom. The molecule has 0 amide bonds. The molecule has 0 saturated carbocycles. The van der Waals surface area contributed by atoms with Gasteiger partial charge in [-0.1, -0.05) is 23.9 Å². The first kappa shape index (κ1) is 43.3. The van der Waals surface area contributed by atoms with E-state index in [1.807, 2.05) is 0 Å². The van der Waals surface area contributed by atoms with Crippen LogP contribution in [0.5, 0.6) is 0 Å². The normalized spacial score (nSPS) is 12.3. The molecule has 0 bridgehead atoms. The van der Waals surface area contributed by atoms with Crippen molar-refractivity contribution in [3.8, 4) is 0 Å². The van der Waals surface area contributed by atoms with Crippen molar-refractivity contribution in [2.24, 2.45) is 10.3 Å². The number of carboxylic acids is 2. The zero-order valence-corrected chi connectivity index (χ0v) is 21.3. The summed E-state index contributed by atoms with van der Waals surface area (Å²) in [5, 5.41) is 46.4. The van der Waals surface area contributed by atoms with Gasteiger partial charge in [-0.15, -0.1) is 0 Å². The Morgan fingerprint density at radius 1 is 0.931 bits per heavy atom. The van der Waals surface area contributed by atoms with Crippen molar-refractivity contribution in [3.05, 3.63) is 0 Å². The van der Waals surface area contributed by atoms with Crippen LogP contribution in [-0.2, 0) is 26.4 Å². The third-order valence-electron chi connectivity index (χ3n) is 3.29. The molecule has 0 aromatic carbocycles. The van der Waals surface area contributed by atoms with Gasteiger partial charge in [0.15, 0.2) is 0 Å². The molecule has 11 N–H and O–H groups in total. The van der Waals surface area contributed by atoms with Crippen LogP contribution in [0.1, 0.15) is 34.6 Å². The molecule has 0 aromatic rings. The Kier molecular flexibility index (Phi) is 32.2. The maximum Gasteiger partial charge on any atom is 3.00 e.